The minimum Gasteiger partial charge on any atom is -0.480 e. The zero-order valence-corrected chi connectivity index (χ0v) is 16.6. The summed E-state index contributed by atoms with van der Waals surface area (Å²) in [6.07, 6.45) is 1.95. The zero-order chi connectivity index (χ0) is 19.7. The topological polar surface area (TPSA) is 45.5 Å². The molecule has 4 rings (SSSR count). The second-order valence-electron chi connectivity index (χ2n) is 7.25. The molecule has 2 heterocycles. The van der Waals surface area contributed by atoms with E-state index in [0.29, 0.717) is 5.92 Å². The number of fused-ring (bicyclic) bond motifs is 1. The molecule has 0 aliphatic carbocycles. The summed E-state index contributed by atoms with van der Waals surface area (Å²) < 4.78 is 18.1. The van der Waals surface area contributed by atoms with Crippen molar-refractivity contribution < 1.29 is 14.3 Å². The Hall–Kier alpha value is -2.31. The molecule has 0 radical (unpaired) electrons. The highest BCUT2D eigenvalue weighted by atomic mass is 32.2. The van der Waals surface area contributed by atoms with Crippen LogP contribution >= 0.6 is 11.9 Å². The molecular formula is C22H23FN2O2S. The van der Waals surface area contributed by atoms with E-state index in [2.05, 4.69) is 16.4 Å². The van der Waals surface area contributed by atoms with Crippen molar-refractivity contribution in [3.63, 3.8) is 0 Å². The Kier molecular flexibility index (Phi) is 5.42. The summed E-state index contributed by atoms with van der Waals surface area (Å²) in [5.74, 6) is -0.852. The van der Waals surface area contributed by atoms with Crippen LogP contribution in [0.4, 0.5) is 4.39 Å². The van der Waals surface area contributed by atoms with Crippen LogP contribution in [0.2, 0.25) is 0 Å². The molecule has 28 heavy (non-hydrogen) atoms. The number of carboxylic acids is 1. The number of aromatic nitrogens is 1. The SMILES string of the molecule is Cc1c(C2CCN(Sc3ccccc3)CC2)c2cc(F)ccc2n1CC(=O)O. The van der Waals surface area contributed by atoms with E-state index in [4.69, 9.17) is 0 Å². The fourth-order valence-electron chi connectivity index (χ4n) is 4.20. The van der Waals surface area contributed by atoms with E-state index in [1.54, 1.807) is 28.6 Å². The average molecular weight is 399 g/mol. The van der Waals surface area contributed by atoms with Crippen molar-refractivity contribution in [1.29, 1.82) is 0 Å². The molecule has 1 aromatic heterocycles. The van der Waals surface area contributed by atoms with Gasteiger partial charge in [-0.1, -0.05) is 18.2 Å². The molecule has 1 aliphatic heterocycles. The third-order valence-electron chi connectivity index (χ3n) is 5.47. The van der Waals surface area contributed by atoms with Gasteiger partial charge in [0.1, 0.15) is 12.4 Å². The molecule has 4 nitrogen and oxygen atoms in total. The van der Waals surface area contributed by atoms with Crippen LogP contribution in [-0.4, -0.2) is 33.0 Å². The smallest absolute Gasteiger partial charge is 0.323 e. The first-order valence-corrected chi connectivity index (χ1v) is 10.3. The van der Waals surface area contributed by atoms with Gasteiger partial charge in [-0.15, -0.1) is 0 Å². The van der Waals surface area contributed by atoms with Crippen molar-refractivity contribution in [1.82, 2.24) is 8.87 Å². The number of carbonyl (C=O) groups is 1. The first-order valence-electron chi connectivity index (χ1n) is 9.51. The summed E-state index contributed by atoms with van der Waals surface area (Å²) in [7, 11) is 0. The maximum absolute atomic E-state index is 14.0. The molecule has 0 unspecified atom stereocenters. The van der Waals surface area contributed by atoms with Crippen molar-refractivity contribution in [2.75, 3.05) is 13.1 Å². The summed E-state index contributed by atoms with van der Waals surface area (Å²) >= 11 is 1.78. The van der Waals surface area contributed by atoms with Crippen LogP contribution in [0, 0.1) is 12.7 Å². The van der Waals surface area contributed by atoms with Gasteiger partial charge in [-0.3, -0.25) is 4.79 Å². The van der Waals surface area contributed by atoms with Gasteiger partial charge >= 0.3 is 5.97 Å². The van der Waals surface area contributed by atoms with E-state index in [1.807, 2.05) is 25.1 Å². The number of nitrogens with zero attached hydrogens (tertiary/aromatic N) is 2. The minimum absolute atomic E-state index is 0.101. The zero-order valence-electron chi connectivity index (χ0n) is 15.8. The lowest BCUT2D eigenvalue weighted by Crippen LogP contribution is -2.27. The van der Waals surface area contributed by atoms with Gasteiger partial charge in [0.05, 0.1) is 0 Å². The number of hydrogen-bond donors (Lipinski definition) is 1. The Bertz CT molecular complexity index is 995. The summed E-state index contributed by atoms with van der Waals surface area (Å²) in [5, 5.41) is 10.2. The molecule has 2 aromatic carbocycles. The molecule has 0 bridgehead atoms. The lowest BCUT2D eigenvalue weighted by Gasteiger charge is -2.31. The molecule has 1 aliphatic rings. The predicted octanol–water partition coefficient (Wildman–Crippen LogP) is 5.06. The number of benzene rings is 2. The van der Waals surface area contributed by atoms with E-state index < -0.39 is 5.97 Å². The molecule has 6 heteroatoms. The van der Waals surface area contributed by atoms with Crippen LogP contribution in [0.5, 0.6) is 0 Å². The second kappa shape index (κ2) is 7.97. The molecule has 0 atom stereocenters. The van der Waals surface area contributed by atoms with Gasteiger partial charge in [0.15, 0.2) is 0 Å². The molecule has 1 fully saturated rings. The second-order valence-corrected chi connectivity index (χ2v) is 8.42. The number of halogens is 1. The molecule has 1 N–H and O–H groups in total. The van der Waals surface area contributed by atoms with Crippen LogP contribution in [0.15, 0.2) is 53.4 Å². The highest BCUT2D eigenvalue weighted by molar-refractivity contribution is 7.97. The largest absolute Gasteiger partial charge is 0.480 e. The van der Waals surface area contributed by atoms with Gasteiger partial charge in [-0.2, -0.15) is 0 Å². The van der Waals surface area contributed by atoms with Crippen molar-refractivity contribution in [3.8, 4) is 0 Å². The summed E-state index contributed by atoms with van der Waals surface area (Å²) in [4.78, 5) is 12.6. The quantitative estimate of drug-likeness (QED) is 0.610. The standard InChI is InChI=1S/C22H23FN2O2S/c1-15-22(19-13-17(23)7-8-20(19)25(15)14-21(26)27)16-9-11-24(12-10-16)28-18-5-3-2-4-6-18/h2-8,13,16H,9-12,14H2,1H3,(H,26,27). The Morgan fingerprint density at radius 2 is 1.89 bits per heavy atom. The molecule has 1 saturated heterocycles. The number of rotatable bonds is 5. The van der Waals surface area contributed by atoms with Crippen LogP contribution in [0.3, 0.4) is 0 Å². The van der Waals surface area contributed by atoms with Crippen molar-refractivity contribution in [3.05, 3.63) is 65.6 Å². The normalized spacial score (nSPS) is 15.9. The lowest BCUT2D eigenvalue weighted by atomic mass is 9.88. The number of aliphatic carboxylic acids is 1. The molecule has 3 aromatic rings. The predicted molar refractivity (Wildman–Crippen MR) is 110 cm³/mol. The number of piperidine rings is 1. The number of hydrogen-bond acceptors (Lipinski definition) is 3. The Balaban J connectivity index is 1.58. The Morgan fingerprint density at radius 3 is 2.57 bits per heavy atom. The third-order valence-corrected chi connectivity index (χ3v) is 6.57. The summed E-state index contributed by atoms with van der Waals surface area (Å²) in [6.45, 7) is 3.76. The number of carboxylic acid groups (broad SMARTS) is 1. The van der Waals surface area contributed by atoms with Crippen molar-refractivity contribution in [2.45, 2.75) is 37.1 Å². The van der Waals surface area contributed by atoms with Gasteiger partial charge in [-0.25, -0.2) is 8.70 Å². The Labute approximate surface area is 168 Å². The fraction of sp³-hybridized carbons (Fsp3) is 0.318. The monoisotopic (exact) mass is 398 g/mol. The summed E-state index contributed by atoms with van der Waals surface area (Å²) in [5.41, 5.74) is 2.86. The first kappa shape index (κ1) is 19.0. The Morgan fingerprint density at radius 1 is 1.18 bits per heavy atom. The van der Waals surface area contributed by atoms with Gasteiger partial charge in [0.2, 0.25) is 0 Å². The first-order chi connectivity index (χ1) is 13.5. The van der Waals surface area contributed by atoms with Crippen molar-refractivity contribution >= 4 is 28.8 Å². The van der Waals surface area contributed by atoms with Crippen LogP contribution in [-0.2, 0) is 11.3 Å². The molecule has 0 saturated carbocycles. The summed E-state index contributed by atoms with van der Waals surface area (Å²) in [6, 6.07) is 15.0. The molecular weight excluding hydrogens is 375 g/mol. The van der Waals surface area contributed by atoms with Gasteiger partial charge in [0.25, 0.3) is 0 Å². The average Bonchev–Trinajstić information content (AvgIpc) is 2.94. The lowest BCUT2D eigenvalue weighted by molar-refractivity contribution is -0.137. The highest BCUT2D eigenvalue weighted by Crippen LogP contribution is 2.39. The van der Waals surface area contributed by atoms with E-state index in [-0.39, 0.29) is 12.4 Å². The fourth-order valence-corrected chi connectivity index (χ4v) is 5.17. The van der Waals surface area contributed by atoms with Gasteiger partial charge in [-0.05, 0) is 73.5 Å². The molecule has 0 spiro atoms. The van der Waals surface area contributed by atoms with E-state index in [9.17, 15) is 14.3 Å². The van der Waals surface area contributed by atoms with Crippen LogP contribution < -0.4 is 0 Å². The van der Waals surface area contributed by atoms with E-state index in [0.717, 1.165) is 48.1 Å². The van der Waals surface area contributed by atoms with Crippen molar-refractivity contribution in [2.24, 2.45) is 0 Å². The van der Waals surface area contributed by atoms with Gasteiger partial charge < -0.3 is 9.67 Å². The van der Waals surface area contributed by atoms with Crippen LogP contribution in [0.1, 0.15) is 30.0 Å². The van der Waals surface area contributed by atoms with Crippen LogP contribution in [0.25, 0.3) is 10.9 Å². The van der Waals surface area contributed by atoms with E-state index >= 15 is 0 Å². The maximum Gasteiger partial charge on any atom is 0.323 e. The minimum atomic E-state index is -0.884. The van der Waals surface area contributed by atoms with E-state index in [1.165, 1.54) is 11.0 Å². The molecule has 0 amide bonds. The maximum atomic E-state index is 14.0. The van der Waals surface area contributed by atoms with Gasteiger partial charge in [0, 0.05) is 34.6 Å². The third kappa shape index (κ3) is 3.80. The molecule has 146 valence electrons. The highest BCUT2D eigenvalue weighted by Gasteiger charge is 2.27.